The Morgan fingerprint density at radius 2 is 2.18 bits per heavy atom. The highest BCUT2D eigenvalue weighted by Crippen LogP contribution is 2.27. The van der Waals surface area contributed by atoms with Crippen LogP contribution < -0.4 is 5.32 Å². The van der Waals surface area contributed by atoms with Crippen molar-refractivity contribution in [1.29, 1.82) is 0 Å². The molecule has 0 aliphatic rings. The van der Waals surface area contributed by atoms with Gasteiger partial charge in [0.25, 0.3) is 0 Å². The number of hydrogen-bond donors (Lipinski definition) is 2. The van der Waals surface area contributed by atoms with Crippen molar-refractivity contribution in [3.05, 3.63) is 29.7 Å². The summed E-state index contributed by atoms with van der Waals surface area (Å²) in [5.74, 6) is 0.157. The van der Waals surface area contributed by atoms with E-state index >= 15 is 0 Å². The Kier molecular flexibility index (Phi) is 4.71. The zero-order valence-corrected chi connectivity index (χ0v) is 13.4. The number of hydrogen-bond acceptors (Lipinski definition) is 5. The number of furan rings is 1. The van der Waals surface area contributed by atoms with Gasteiger partial charge in [0, 0.05) is 12.1 Å². The van der Waals surface area contributed by atoms with E-state index in [1.54, 1.807) is 24.5 Å². The van der Waals surface area contributed by atoms with Crippen LogP contribution in [-0.4, -0.2) is 27.1 Å². The van der Waals surface area contributed by atoms with Gasteiger partial charge >= 0.3 is 5.97 Å². The van der Waals surface area contributed by atoms with Crippen LogP contribution in [0.1, 0.15) is 27.2 Å². The van der Waals surface area contributed by atoms with Gasteiger partial charge < -0.3 is 14.8 Å². The first-order valence-corrected chi connectivity index (χ1v) is 7.20. The Morgan fingerprint density at radius 1 is 1.45 bits per heavy atom. The molecule has 6 nitrogen and oxygen atoms in total. The number of nitrogens with one attached hydrogen (secondary N) is 1. The summed E-state index contributed by atoms with van der Waals surface area (Å²) in [5.41, 5.74) is 0.274. The van der Waals surface area contributed by atoms with Gasteiger partial charge in [-0.25, -0.2) is 9.97 Å². The molecule has 7 heteroatoms. The number of anilines is 1. The maximum absolute atomic E-state index is 11.1. The molecule has 0 saturated carbocycles. The molecule has 0 amide bonds. The average molecular weight is 324 g/mol. The van der Waals surface area contributed by atoms with E-state index < -0.39 is 5.97 Å². The molecule has 2 aromatic heterocycles. The standard InChI is InChI=1S/C15H18ClN3O3/c1-15(2,3)11(8-13(20)21)18-12-7-9(17-14(16)19-12)10-5-4-6-22-10/h4-7,11H,8H2,1-3H3,(H,20,21)(H,17,18,19). The number of halogens is 1. The highest BCUT2D eigenvalue weighted by Gasteiger charge is 2.27. The Labute approximate surface area is 133 Å². The van der Waals surface area contributed by atoms with E-state index in [2.05, 4.69) is 15.3 Å². The third kappa shape index (κ3) is 4.21. The maximum Gasteiger partial charge on any atom is 0.305 e. The van der Waals surface area contributed by atoms with Crippen molar-refractivity contribution >= 4 is 23.4 Å². The molecule has 0 saturated heterocycles. The van der Waals surface area contributed by atoms with Gasteiger partial charge in [0.15, 0.2) is 5.76 Å². The number of carbonyl (C=O) groups is 1. The Balaban J connectivity index is 2.29. The lowest BCUT2D eigenvalue weighted by Gasteiger charge is -2.30. The highest BCUT2D eigenvalue weighted by atomic mass is 35.5. The number of aliphatic carboxylic acids is 1. The molecule has 0 aliphatic carbocycles. The zero-order valence-electron chi connectivity index (χ0n) is 12.6. The first-order chi connectivity index (χ1) is 10.3. The molecule has 0 radical (unpaired) electrons. The fourth-order valence-corrected chi connectivity index (χ4v) is 2.15. The number of nitrogens with zero attached hydrogens (tertiary/aromatic N) is 2. The van der Waals surface area contributed by atoms with E-state index in [9.17, 15) is 4.79 Å². The van der Waals surface area contributed by atoms with Gasteiger partial charge in [-0.15, -0.1) is 0 Å². The molecule has 0 aromatic carbocycles. The van der Waals surface area contributed by atoms with Crippen molar-refractivity contribution in [2.45, 2.75) is 33.2 Å². The molecule has 2 heterocycles. The van der Waals surface area contributed by atoms with Gasteiger partial charge in [0.05, 0.1) is 12.7 Å². The van der Waals surface area contributed by atoms with Crippen molar-refractivity contribution in [1.82, 2.24) is 9.97 Å². The first-order valence-electron chi connectivity index (χ1n) is 6.82. The second kappa shape index (κ2) is 6.36. The van der Waals surface area contributed by atoms with Crippen LogP contribution in [0.2, 0.25) is 5.28 Å². The summed E-state index contributed by atoms with van der Waals surface area (Å²) < 4.78 is 5.30. The van der Waals surface area contributed by atoms with E-state index in [-0.39, 0.29) is 23.2 Å². The van der Waals surface area contributed by atoms with Crippen molar-refractivity contribution in [3.8, 4) is 11.5 Å². The monoisotopic (exact) mass is 323 g/mol. The van der Waals surface area contributed by atoms with Gasteiger partial charge in [0.2, 0.25) is 5.28 Å². The lowest BCUT2D eigenvalue weighted by Crippen LogP contribution is -2.36. The Bertz CT molecular complexity index is 651. The molecule has 0 spiro atoms. The molecular weight excluding hydrogens is 306 g/mol. The molecule has 0 aliphatic heterocycles. The van der Waals surface area contributed by atoms with Crippen molar-refractivity contribution in [3.63, 3.8) is 0 Å². The van der Waals surface area contributed by atoms with Gasteiger partial charge in [-0.1, -0.05) is 20.8 Å². The average Bonchev–Trinajstić information content (AvgIpc) is 2.89. The fraction of sp³-hybridized carbons (Fsp3) is 0.400. The molecule has 118 valence electrons. The van der Waals surface area contributed by atoms with Gasteiger partial charge in [0.1, 0.15) is 11.5 Å². The normalized spacial score (nSPS) is 12.9. The van der Waals surface area contributed by atoms with Crippen molar-refractivity contribution < 1.29 is 14.3 Å². The van der Waals surface area contributed by atoms with Crippen molar-refractivity contribution in [2.75, 3.05) is 5.32 Å². The van der Waals surface area contributed by atoms with E-state index in [4.69, 9.17) is 21.1 Å². The molecule has 2 aromatic rings. The lowest BCUT2D eigenvalue weighted by atomic mass is 9.85. The second-order valence-corrected chi connectivity index (χ2v) is 6.38. The summed E-state index contributed by atoms with van der Waals surface area (Å²) in [6, 6.07) is 4.90. The highest BCUT2D eigenvalue weighted by molar-refractivity contribution is 6.28. The molecule has 2 rings (SSSR count). The number of carboxylic acids is 1. The van der Waals surface area contributed by atoms with Crippen LogP contribution in [0.4, 0.5) is 5.82 Å². The van der Waals surface area contributed by atoms with E-state index in [0.29, 0.717) is 17.3 Å². The van der Waals surface area contributed by atoms with Crippen LogP contribution in [0.5, 0.6) is 0 Å². The van der Waals surface area contributed by atoms with Crippen molar-refractivity contribution in [2.24, 2.45) is 5.41 Å². The molecule has 22 heavy (non-hydrogen) atoms. The number of rotatable bonds is 5. The van der Waals surface area contributed by atoms with E-state index in [1.165, 1.54) is 0 Å². The minimum absolute atomic E-state index is 0.0266. The summed E-state index contributed by atoms with van der Waals surface area (Å²) in [7, 11) is 0. The summed E-state index contributed by atoms with van der Waals surface area (Å²) in [4.78, 5) is 19.3. The molecule has 2 N–H and O–H groups in total. The Morgan fingerprint density at radius 3 is 2.73 bits per heavy atom. The molecule has 0 fully saturated rings. The molecular formula is C15H18ClN3O3. The SMILES string of the molecule is CC(C)(C)C(CC(=O)O)Nc1cc(-c2ccco2)nc(Cl)n1. The van der Waals surface area contributed by atoms with Crippen LogP contribution in [0.3, 0.4) is 0 Å². The minimum Gasteiger partial charge on any atom is -0.481 e. The maximum atomic E-state index is 11.1. The van der Waals surface area contributed by atoms with E-state index in [1.807, 2.05) is 20.8 Å². The smallest absolute Gasteiger partial charge is 0.305 e. The van der Waals surface area contributed by atoms with Crippen LogP contribution >= 0.6 is 11.6 Å². The first kappa shape index (κ1) is 16.3. The quantitative estimate of drug-likeness (QED) is 0.816. The predicted octanol–water partition coefficient (Wildman–Crippen LogP) is 3.69. The zero-order chi connectivity index (χ0) is 16.3. The number of carboxylic acid groups (broad SMARTS) is 1. The van der Waals surface area contributed by atoms with Crippen LogP contribution in [-0.2, 0) is 4.79 Å². The van der Waals surface area contributed by atoms with Gasteiger partial charge in [-0.3, -0.25) is 4.79 Å². The third-order valence-corrected chi connectivity index (χ3v) is 3.39. The summed E-state index contributed by atoms with van der Waals surface area (Å²) in [5, 5.41) is 12.3. The van der Waals surface area contributed by atoms with E-state index in [0.717, 1.165) is 0 Å². The lowest BCUT2D eigenvalue weighted by molar-refractivity contribution is -0.137. The van der Waals surface area contributed by atoms with Crippen LogP contribution in [0, 0.1) is 5.41 Å². The summed E-state index contributed by atoms with van der Waals surface area (Å²) >= 11 is 5.95. The third-order valence-electron chi connectivity index (χ3n) is 3.22. The van der Waals surface area contributed by atoms with Gasteiger partial charge in [-0.05, 0) is 29.1 Å². The largest absolute Gasteiger partial charge is 0.481 e. The predicted molar refractivity (Wildman–Crippen MR) is 83.9 cm³/mol. The number of aromatic nitrogens is 2. The summed E-state index contributed by atoms with van der Waals surface area (Å²) in [6.07, 6.45) is 1.52. The topological polar surface area (TPSA) is 88.2 Å². The molecule has 1 unspecified atom stereocenters. The fourth-order valence-electron chi connectivity index (χ4n) is 1.97. The van der Waals surface area contributed by atoms with Crippen LogP contribution in [0.25, 0.3) is 11.5 Å². The minimum atomic E-state index is -0.876. The van der Waals surface area contributed by atoms with Crippen LogP contribution in [0.15, 0.2) is 28.9 Å². The second-order valence-electron chi connectivity index (χ2n) is 6.05. The summed E-state index contributed by atoms with van der Waals surface area (Å²) in [6.45, 7) is 5.89. The Hall–Kier alpha value is -2.08. The molecule has 0 bridgehead atoms. The molecule has 1 atom stereocenters. The van der Waals surface area contributed by atoms with Gasteiger partial charge in [-0.2, -0.15) is 0 Å².